The first-order valence-corrected chi connectivity index (χ1v) is 6.57. The maximum Gasteiger partial charge on any atom is 0.251 e. The predicted octanol–water partition coefficient (Wildman–Crippen LogP) is 2.07. The van der Waals surface area contributed by atoms with Crippen LogP contribution in [0.5, 0.6) is 0 Å². The molecular formula is C15H21NO2. The Hall–Kier alpha value is -1.35. The highest BCUT2D eigenvalue weighted by molar-refractivity contribution is 5.95. The molecule has 1 aliphatic carbocycles. The molecule has 0 saturated carbocycles. The molecule has 0 aromatic heterocycles. The summed E-state index contributed by atoms with van der Waals surface area (Å²) in [6.07, 6.45) is 3.96. The highest BCUT2D eigenvalue weighted by atomic mass is 16.3. The fraction of sp³-hybridized carbons (Fsp3) is 0.533. The number of hydrogen-bond donors (Lipinski definition) is 2. The highest BCUT2D eigenvalue weighted by Gasteiger charge is 2.21. The molecule has 0 radical (unpaired) electrons. The van der Waals surface area contributed by atoms with E-state index >= 15 is 0 Å². The van der Waals surface area contributed by atoms with E-state index in [0.29, 0.717) is 6.42 Å². The minimum Gasteiger partial charge on any atom is -0.396 e. The molecule has 3 nitrogen and oxygen atoms in total. The quantitative estimate of drug-likeness (QED) is 0.855. The van der Waals surface area contributed by atoms with E-state index in [2.05, 4.69) is 11.4 Å². The van der Waals surface area contributed by atoms with Crippen LogP contribution in [0.2, 0.25) is 0 Å². The van der Waals surface area contributed by atoms with Crippen molar-refractivity contribution >= 4 is 5.91 Å². The fourth-order valence-corrected chi connectivity index (χ4v) is 2.43. The molecule has 1 aliphatic rings. The van der Waals surface area contributed by atoms with Crippen LogP contribution >= 0.6 is 0 Å². The largest absolute Gasteiger partial charge is 0.396 e. The van der Waals surface area contributed by atoms with Gasteiger partial charge >= 0.3 is 0 Å². The highest BCUT2D eigenvalue weighted by Crippen LogP contribution is 2.23. The zero-order valence-corrected chi connectivity index (χ0v) is 11.1. The number of benzene rings is 1. The second kappa shape index (κ2) is 5.11. The number of hydrogen-bond acceptors (Lipinski definition) is 2. The van der Waals surface area contributed by atoms with E-state index in [0.717, 1.165) is 18.4 Å². The summed E-state index contributed by atoms with van der Waals surface area (Å²) >= 11 is 0. The first-order valence-electron chi connectivity index (χ1n) is 6.57. The number of nitrogens with one attached hydrogen (secondary N) is 1. The summed E-state index contributed by atoms with van der Waals surface area (Å²) in [6, 6.07) is 5.97. The monoisotopic (exact) mass is 247 g/mol. The fourth-order valence-electron chi connectivity index (χ4n) is 2.43. The van der Waals surface area contributed by atoms with Crippen LogP contribution in [0.15, 0.2) is 18.2 Å². The molecular weight excluding hydrogens is 226 g/mol. The number of fused-ring (bicyclic) bond motifs is 1. The summed E-state index contributed by atoms with van der Waals surface area (Å²) < 4.78 is 0. The van der Waals surface area contributed by atoms with Crippen LogP contribution in [0.3, 0.4) is 0 Å². The molecule has 1 aromatic rings. The third kappa shape index (κ3) is 2.91. The van der Waals surface area contributed by atoms with Crippen LogP contribution in [0.1, 0.15) is 48.2 Å². The lowest BCUT2D eigenvalue weighted by atomic mass is 9.99. The Morgan fingerprint density at radius 2 is 2.06 bits per heavy atom. The van der Waals surface area contributed by atoms with Crippen LogP contribution in [0, 0.1) is 0 Å². The van der Waals surface area contributed by atoms with Gasteiger partial charge in [0.2, 0.25) is 0 Å². The van der Waals surface area contributed by atoms with E-state index in [1.54, 1.807) is 0 Å². The Kier molecular flexibility index (Phi) is 3.71. The van der Waals surface area contributed by atoms with Gasteiger partial charge in [0.1, 0.15) is 0 Å². The summed E-state index contributed by atoms with van der Waals surface area (Å²) in [5, 5.41) is 11.9. The van der Waals surface area contributed by atoms with E-state index in [1.807, 2.05) is 26.0 Å². The topological polar surface area (TPSA) is 49.3 Å². The van der Waals surface area contributed by atoms with E-state index in [4.69, 9.17) is 5.11 Å². The van der Waals surface area contributed by atoms with Crippen molar-refractivity contribution < 1.29 is 9.90 Å². The number of aliphatic hydroxyl groups is 1. The molecule has 1 aromatic carbocycles. The Morgan fingerprint density at radius 1 is 1.33 bits per heavy atom. The van der Waals surface area contributed by atoms with Crippen molar-refractivity contribution in [2.75, 3.05) is 6.61 Å². The molecule has 0 spiro atoms. The van der Waals surface area contributed by atoms with Crippen molar-refractivity contribution in [2.45, 2.75) is 45.1 Å². The molecule has 0 atom stereocenters. The second-order valence-electron chi connectivity index (χ2n) is 5.65. The smallest absolute Gasteiger partial charge is 0.251 e. The molecule has 98 valence electrons. The zero-order chi connectivity index (χ0) is 13.2. The minimum atomic E-state index is -0.370. The standard InChI is InChI=1S/C15H21NO2/c1-15(2,8-9-17)16-14(18)13-7-6-11-4-3-5-12(11)10-13/h6-7,10,17H,3-5,8-9H2,1-2H3,(H,16,18). The van der Waals surface area contributed by atoms with Crippen molar-refractivity contribution in [3.63, 3.8) is 0 Å². The van der Waals surface area contributed by atoms with E-state index in [-0.39, 0.29) is 18.1 Å². The van der Waals surface area contributed by atoms with Crippen molar-refractivity contribution in [1.82, 2.24) is 5.32 Å². The van der Waals surface area contributed by atoms with E-state index in [9.17, 15) is 4.79 Å². The predicted molar refractivity (Wildman–Crippen MR) is 71.7 cm³/mol. The zero-order valence-electron chi connectivity index (χ0n) is 11.1. The molecule has 0 fully saturated rings. The first kappa shape index (κ1) is 13.1. The lowest BCUT2D eigenvalue weighted by Crippen LogP contribution is -2.44. The average Bonchev–Trinajstić information content (AvgIpc) is 2.74. The molecule has 0 heterocycles. The van der Waals surface area contributed by atoms with Gasteiger partial charge in [0.25, 0.3) is 5.91 Å². The van der Waals surface area contributed by atoms with Gasteiger partial charge in [-0.15, -0.1) is 0 Å². The number of aryl methyl sites for hydroxylation is 2. The molecule has 2 rings (SSSR count). The van der Waals surface area contributed by atoms with E-state index < -0.39 is 0 Å². The van der Waals surface area contributed by atoms with Crippen molar-refractivity contribution in [3.8, 4) is 0 Å². The van der Waals surface area contributed by atoms with Crippen molar-refractivity contribution in [2.24, 2.45) is 0 Å². The van der Waals surface area contributed by atoms with Crippen LogP contribution in [0.4, 0.5) is 0 Å². The third-order valence-corrected chi connectivity index (χ3v) is 3.55. The number of carbonyl (C=O) groups excluding carboxylic acids is 1. The normalized spacial score (nSPS) is 14.4. The Bertz CT molecular complexity index is 452. The van der Waals surface area contributed by atoms with Gasteiger partial charge in [0.15, 0.2) is 0 Å². The van der Waals surface area contributed by atoms with Gasteiger partial charge in [-0.1, -0.05) is 6.07 Å². The summed E-state index contributed by atoms with van der Waals surface area (Å²) in [4.78, 5) is 12.1. The molecule has 18 heavy (non-hydrogen) atoms. The van der Waals surface area contributed by atoms with Gasteiger partial charge in [-0.05, 0) is 62.8 Å². The molecule has 0 saturated heterocycles. The van der Waals surface area contributed by atoms with Crippen LogP contribution < -0.4 is 5.32 Å². The second-order valence-corrected chi connectivity index (χ2v) is 5.65. The van der Waals surface area contributed by atoms with Gasteiger partial charge in [-0.25, -0.2) is 0 Å². The molecule has 0 aliphatic heterocycles. The lowest BCUT2D eigenvalue weighted by Gasteiger charge is -2.25. The molecule has 1 amide bonds. The van der Waals surface area contributed by atoms with Gasteiger partial charge in [-0.2, -0.15) is 0 Å². The Balaban J connectivity index is 2.10. The maximum atomic E-state index is 12.1. The van der Waals surface area contributed by atoms with Crippen molar-refractivity contribution in [1.29, 1.82) is 0 Å². The van der Waals surface area contributed by atoms with Gasteiger partial charge < -0.3 is 10.4 Å². The third-order valence-electron chi connectivity index (χ3n) is 3.55. The maximum absolute atomic E-state index is 12.1. The Morgan fingerprint density at radius 3 is 2.78 bits per heavy atom. The Labute approximate surface area is 108 Å². The molecule has 0 unspecified atom stereocenters. The van der Waals surface area contributed by atoms with Crippen LogP contribution in [0.25, 0.3) is 0 Å². The molecule has 3 heteroatoms. The summed E-state index contributed by atoms with van der Waals surface area (Å²) in [5.41, 5.74) is 3.04. The summed E-state index contributed by atoms with van der Waals surface area (Å²) in [5.74, 6) is -0.0526. The summed E-state index contributed by atoms with van der Waals surface area (Å²) in [7, 11) is 0. The lowest BCUT2D eigenvalue weighted by molar-refractivity contribution is 0.0899. The molecule has 0 bridgehead atoms. The number of aliphatic hydroxyl groups excluding tert-OH is 1. The minimum absolute atomic E-state index is 0.0526. The van der Waals surface area contributed by atoms with Crippen LogP contribution in [-0.2, 0) is 12.8 Å². The first-order chi connectivity index (χ1) is 8.52. The number of amides is 1. The average molecular weight is 247 g/mol. The van der Waals surface area contributed by atoms with Gasteiger partial charge in [-0.3, -0.25) is 4.79 Å². The number of carbonyl (C=O) groups is 1. The van der Waals surface area contributed by atoms with E-state index in [1.165, 1.54) is 17.5 Å². The van der Waals surface area contributed by atoms with Gasteiger partial charge in [0.05, 0.1) is 0 Å². The van der Waals surface area contributed by atoms with Gasteiger partial charge in [0, 0.05) is 17.7 Å². The molecule has 2 N–H and O–H groups in total. The van der Waals surface area contributed by atoms with Crippen molar-refractivity contribution in [3.05, 3.63) is 34.9 Å². The number of rotatable bonds is 4. The summed E-state index contributed by atoms with van der Waals surface area (Å²) in [6.45, 7) is 3.93. The van der Waals surface area contributed by atoms with Crippen LogP contribution in [-0.4, -0.2) is 23.2 Å². The SMILES string of the molecule is CC(C)(CCO)NC(=O)c1ccc2c(c1)CCC2.